The second-order valence-corrected chi connectivity index (χ2v) is 9.34. The smallest absolute Gasteiger partial charge is 0.352 e. The van der Waals surface area contributed by atoms with E-state index in [-0.39, 0.29) is 4.57 Å². The number of aromatic nitrogens is 2. The molecule has 158 valence electrons. The quantitative estimate of drug-likeness (QED) is 0.550. The van der Waals surface area contributed by atoms with E-state index in [9.17, 15) is 18.0 Å². The minimum Gasteiger partial charge on any atom is -0.381 e. The van der Waals surface area contributed by atoms with Crippen molar-refractivity contribution in [1.82, 2.24) is 9.55 Å². The summed E-state index contributed by atoms with van der Waals surface area (Å²) in [6, 6.07) is 0. The normalized spacial score (nSPS) is 34.8. The van der Waals surface area contributed by atoms with Crippen molar-refractivity contribution >= 4 is 24.3 Å². The maximum atomic E-state index is 15.1. The summed E-state index contributed by atoms with van der Waals surface area (Å²) in [6.07, 6.45) is -9.10. The third-order valence-electron chi connectivity index (χ3n) is 4.03. The number of hydrogen-bond acceptors (Lipinski definition) is 8. The van der Waals surface area contributed by atoms with Crippen molar-refractivity contribution in [2.45, 2.75) is 50.2 Å². The molecule has 0 radical (unpaired) electrons. The van der Waals surface area contributed by atoms with Crippen LogP contribution in [0.15, 0.2) is 11.0 Å². The molecule has 0 aliphatic carbocycles. The molecular weight excluding hydrogens is 436 g/mol. The summed E-state index contributed by atoms with van der Waals surface area (Å²) in [5, 5.41) is 0. The minimum absolute atomic E-state index is 0.0320. The Morgan fingerprint density at radius 3 is 2.68 bits per heavy atom. The first-order valence-electron chi connectivity index (χ1n) is 7.82. The number of rotatable bonds is 4. The van der Waals surface area contributed by atoms with Gasteiger partial charge in [0.2, 0.25) is 6.23 Å². The molecule has 1 aromatic rings. The highest BCUT2D eigenvalue weighted by molar-refractivity contribution is 8.07. The summed E-state index contributed by atoms with van der Waals surface area (Å²) in [4.78, 5) is 14.9. The number of halogens is 5. The van der Waals surface area contributed by atoms with E-state index in [0.717, 1.165) is 0 Å². The van der Waals surface area contributed by atoms with Crippen molar-refractivity contribution in [2.75, 3.05) is 12.3 Å². The molecule has 28 heavy (non-hydrogen) atoms. The Kier molecular flexibility index (Phi) is 5.35. The lowest BCUT2D eigenvalue weighted by molar-refractivity contribution is -0.205. The molecule has 2 saturated heterocycles. The zero-order chi connectivity index (χ0) is 21.1. The Labute approximate surface area is 160 Å². The fraction of sp³-hybridized carbons (Fsp3) is 0.692. The zero-order valence-corrected chi connectivity index (χ0v) is 16.1. The van der Waals surface area contributed by atoms with Gasteiger partial charge in [-0.2, -0.15) is 13.8 Å². The molecule has 3 rings (SSSR count). The van der Waals surface area contributed by atoms with Gasteiger partial charge in [0.05, 0.1) is 18.9 Å². The monoisotopic (exact) mass is 451 g/mol. The Morgan fingerprint density at radius 1 is 1.46 bits per heavy atom. The second-order valence-electron chi connectivity index (χ2n) is 6.42. The molecule has 2 aliphatic rings. The van der Waals surface area contributed by atoms with Crippen LogP contribution < -0.4 is 11.4 Å². The molecule has 0 bridgehead atoms. The largest absolute Gasteiger partial charge is 0.381 e. The highest BCUT2D eigenvalue weighted by Crippen LogP contribution is 2.64. The molecule has 4 atom stereocenters. The molecule has 0 spiro atoms. The summed E-state index contributed by atoms with van der Waals surface area (Å²) in [5.41, 5.74) is 0.721. The van der Waals surface area contributed by atoms with Gasteiger partial charge in [-0.3, -0.25) is 9.09 Å². The van der Waals surface area contributed by atoms with Gasteiger partial charge < -0.3 is 19.5 Å². The van der Waals surface area contributed by atoms with E-state index in [1.807, 2.05) is 0 Å². The summed E-state index contributed by atoms with van der Waals surface area (Å²) < 4.78 is 91.5. The van der Waals surface area contributed by atoms with Crippen LogP contribution in [-0.4, -0.2) is 46.3 Å². The van der Waals surface area contributed by atoms with Gasteiger partial charge in [-0.05, 0) is 25.7 Å². The Balaban J connectivity index is 2.08. The molecule has 3 heterocycles. The lowest BCUT2D eigenvalue weighted by Gasteiger charge is -2.41. The summed E-state index contributed by atoms with van der Waals surface area (Å²) >= 11 is 4.96. The first-order valence-corrected chi connectivity index (χ1v) is 10.4. The van der Waals surface area contributed by atoms with Gasteiger partial charge in [-0.1, -0.05) is 0 Å². The van der Waals surface area contributed by atoms with Crippen LogP contribution in [0.3, 0.4) is 0 Å². The van der Waals surface area contributed by atoms with Crippen LogP contribution >= 0.6 is 6.72 Å². The number of alkyl halides is 4. The fourth-order valence-electron chi connectivity index (χ4n) is 2.82. The van der Waals surface area contributed by atoms with Crippen LogP contribution in [0, 0.1) is 5.82 Å². The second kappa shape index (κ2) is 6.96. The molecule has 2 aliphatic heterocycles. The van der Waals surface area contributed by atoms with Crippen molar-refractivity contribution in [1.29, 1.82) is 0 Å². The molecule has 1 aromatic heterocycles. The van der Waals surface area contributed by atoms with E-state index >= 15 is 8.78 Å². The number of fused-ring (bicyclic) bond motifs is 1. The Morgan fingerprint density at radius 2 is 2.11 bits per heavy atom. The lowest BCUT2D eigenvalue weighted by atomic mass is 9.96. The van der Waals surface area contributed by atoms with Crippen LogP contribution in [0.25, 0.3) is 0 Å². The van der Waals surface area contributed by atoms with Gasteiger partial charge in [0, 0.05) is 0 Å². The van der Waals surface area contributed by atoms with Crippen LogP contribution in [-0.2, 0) is 30.1 Å². The van der Waals surface area contributed by atoms with Crippen LogP contribution in [0.1, 0.15) is 20.1 Å². The lowest BCUT2D eigenvalue weighted by Crippen LogP contribution is -2.57. The van der Waals surface area contributed by atoms with Gasteiger partial charge in [0.25, 0.3) is 6.43 Å². The van der Waals surface area contributed by atoms with Gasteiger partial charge in [0.15, 0.2) is 23.3 Å². The van der Waals surface area contributed by atoms with Crippen molar-refractivity contribution in [3.05, 3.63) is 22.5 Å². The molecule has 0 aromatic carbocycles. The summed E-state index contributed by atoms with van der Waals surface area (Å²) in [6.45, 7) is -1.85. The number of nitrogen functional groups attached to an aromatic ring is 1. The number of hydrogen-bond donors (Lipinski definition) is 1. The minimum atomic E-state index is -4.24. The van der Waals surface area contributed by atoms with E-state index in [4.69, 9.17) is 35.8 Å². The van der Waals surface area contributed by atoms with Crippen LogP contribution in [0.4, 0.5) is 27.8 Å². The third-order valence-corrected chi connectivity index (χ3v) is 6.46. The number of ether oxygens (including phenoxy) is 1. The van der Waals surface area contributed by atoms with Crippen molar-refractivity contribution in [3.8, 4) is 0 Å². The number of nitrogens with zero attached hydrogens (tertiary/aromatic N) is 2. The maximum Gasteiger partial charge on any atom is 0.352 e. The molecule has 15 heteroatoms. The van der Waals surface area contributed by atoms with Gasteiger partial charge >= 0.3 is 18.3 Å². The first-order chi connectivity index (χ1) is 12.8. The van der Waals surface area contributed by atoms with E-state index in [2.05, 4.69) is 4.98 Å². The molecule has 2 unspecified atom stereocenters. The average molecular weight is 451 g/mol. The zero-order valence-electron chi connectivity index (χ0n) is 14.4. The number of anilines is 1. The predicted molar refractivity (Wildman–Crippen MR) is 88.0 cm³/mol. The van der Waals surface area contributed by atoms with Crippen LogP contribution in [0.5, 0.6) is 0 Å². The molecule has 0 amide bonds. The van der Waals surface area contributed by atoms with Gasteiger partial charge in [-0.25, -0.2) is 18.0 Å². The van der Waals surface area contributed by atoms with Crippen molar-refractivity contribution in [3.63, 3.8) is 0 Å². The molecular formula is C13H15F5N3O5PS. The maximum absolute atomic E-state index is 15.1. The number of nitrogens with two attached hydrogens (primary N) is 1. The van der Waals surface area contributed by atoms with E-state index in [1.165, 1.54) is 13.8 Å². The van der Waals surface area contributed by atoms with Gasteiger partial charge in [0.1, 0.15) is 0 Å². The van der Waals surface area contributed by atoms with E-state index < -0.39 is 67.0 Å². The molecule has 8 nitrogen and oxygen atoms in total. The summed E-state index contributed by atoms with van der Waals surface area (Å²) in [7, 11) is 0. The molecule has 2 N–H and O–H groups in total. The Bertz CT molecular complexity index is 887. The topological polar surface area (TPSA) is 97.8 Å². The highest BCUT2D eigenvalue weighted by atomic mass is 32.5. The SMILES string of the molecule is CC(C)OP1(=S)OC[C@]2(C(F)F)OC(n3cc(F)c(N)nc3=O)C(F)(F)[C@H]2O1. The first kappa shape index (κ1) is 21.5. The average Bonchev–Trinajstić information content (AvgIpc) is 2.79. The standard InChI is InChI=1S/C13H15F5N3O5PS/c1-5(2)25-27(28)23-4-12(9(15)16)8(26-27)13(17,18)10(24-12)21-3-6(14)7(19)20-11(21)22/h3,5,8-10H,4H2,1-2H3,(H2,19,20,22)/t8-,10?,12-,27?/m0/s1. The Hall–Kier alpha value is -1.18. The third kappa shape index (κ3) is 3.35. The van der Waals surface area contributed by atoms with E-state index in [0.29, 0.717) is 6.20 Å². The fourth-order valence-corrected chi connectivity index (χ4v) is 5.38. The van der Waals surface area contributed by atoms with Crippen molar-refractivity contribution < 1.29 is 40.3 Å². The van der Waals surface area contributed by atoms with Crippen molar-refractivity contribution in [2.24, 2.45) is 0 Å². The molecule has 0 saturated carbocycles. The summed E-state index contributed by atoms with van der Waals surface area (Å²) in [5.74, 6) is -6.40. The predicted octanol–water partition coefficient (Wildman–Crippen LogP) is 2.20. The highest BCUT2D eigenvalue weighted by Gasteiger charge is 2.75. The van der Waals surface area contributed by atoms with Gasteiger partial charge in [-0.15, -0.1) is 0 Å². The molecule has 2 fully saturated rings. The van der Waals surface area contributed by atoms with E-state index in [1.54, 1.807) is 0 Å². The van der Waals surface area contributed by atoms with Crippen LogP contribution in [0.2, 0.25) is 0 Å².